The quantitative estimate of drug-likeness (QED) is 0.423. The van der Waals surface area contributed by atoms with Gasteiger partial charge in [-0.25, -0.2) is 0 Å². The maximum absolute atomic E-state index is 12.8. The van der Waals surface area contributed by atoms with E-state index in [1.54, 1.807) is 11.8 Å². The lowest BCUT2D eigenvalue weighted by Crippen LogP contribution is -2.52. The largest absolute Gasteiger partial charge is 0.355 e. The van der Waals surface area contributed by atoms with E-state index in [2.05, 4.69) is 29.4 Å². The molecule has 0 bridgehead atoms. The van der Waals surface area contributed by atoms with Crippen LogP contribution in [0.15, 0.2) is 29.2 Å². The summed E-state index contributed by atoms with van der Waals surface area (Å²) in [5.74, 6) is 0.0433. The minimum atomic E-state index is -0.0651. The van der Waals surface area contributed by atoms with Gasteiger partial charge in [0.2, 0.25) is 5.91 Å². The molecule has 3 unspecified atom stereocenters. The van der Waals surface area contributed by atoms with Crippen molar-refractivity contribution in [3.63, 3.8) is 0 Å². The summed E-state index contributed by atoms with van der Waals surface area (Å²) >= 11 is 7.89. The Labute approximate surface area is 208 Å². The second-order valence-corrected chi connectivity index (χ2v) is 10.8. The molecule has 3 atom stereocenters. The summed E-state index contributed by atoms with van der Waals surface area (Å²) in [5.41, 5.74) is 0.857. The number of rotatable bonds is 11. The Bertz CT molecular complexity index is 824. The maximum atomic E-state index is 12.8. The van der Waals surface area contributed by atoms with E-state index in [0.29, 0.717) is 28.1 Å². The van der Waals surface area contributed by atoms with Crippen LogP contribution in [0.25, 0.3) is 6.08 Å². The number of halogens is 1. The highest BCUT2D eigenvalue weighted by atomic mass is 35.5. The monoisotopic (exact) mass is 491 g/mol. The van der Waals surface area contributed by atoms with E-state index in [9.17, 15) is 9.59 Å². The van der Waals surface area contributed by atoms with Crippen molar-refractivity contribution < 1.29 is 9.59 Å². The number of fused-ring (bicyclic) bond motifs is 1. The standard InChI is InChI=1S/C26H38ClN3O2S/c1-3-5-14-30(15-6-4-2)16-13-28-25(31)20-11-12-23-22(17-20)29-26(32)24(33-23)18-19-9-7-8-10-21(19)27/h7-10,18,20,22-23H,3-6,11-17H2,1-2H3,(H,28,31)(H,29,32)/b24-18+. The molecule has 2 amide bonds. The maximum Gasteiger partial charge on any atom is 0.257 e. The fourth-order valence-electron chi connectivity index (χ4n) is 4.54. The zero-order valence-electron chi connectivity index (χ0n) is 19.9. The van der Waals surface area contributed by atoms with E-state index in [1.807, 2.05) is 30.3 Å². The highest BCUT2D eigenvalue weighted by Gasteiger charge is 2.39. The Hall–Kier alpha value is -1.50. The van der Waals surface area contributed by atoms with Gasteiger partial charge < -0.3 is 15.5 Å². The number of nitrogens with one attached hydrogen (secondary N) is 2. The Balaban J connectivity index is 1.48. The summed E-state index contributed by atoms with van der Waals surface area (Å²) in [7, 11) is 0. The molecule has 1 aliphatic carbocycles. The van der Waals surface area contributed by atoms with Crippen LogP contribution in [0.2, 0.25) is 5.02 Å². The summed E-state index contributed by atoms with van der Waals surface area (Å²) in [6.07, 6.45) is 9.17. The van der Waals surface area contributed by atoms with Gasteiger partial charge in [0, 0.05) is 35.3 Å². The van der Waals surface area contributed by atoms with Gasteiger partial charge in [0.25, 0.3) is 5.91 Å². The molecular formula is C26H38ClN3O2S. The molecule has 182 valence electrons. The molecule has 0 aromatic heterocycles. The van der Waals surface area contributed by atoms with Gasteiger partial charge in [-0.3, -0.25) is 9.59 Å². The number of hydrogen-bond acceptors (Lipinski definition) is 4. The molecule has 1 saturated heterocycles. The fraction of sp³-hybridized carbons (Fsp3) is 0.615. The van der Waals surface area contributed by atoms with Gasteiger partial charge in [-0.15, -0.1) is 11.8 Å². The molecular weight excluding hydrogens is 454 g/mol. The normalized spacial score (nSPS) is 23.9. The summed E-state index contributed by atoms with van der Waals surface area (Å²) in [6, 6.07) is 7.60. The van der Waals surface area contributed by atoms with E-state index in [1.165, 1.54) is 25.7 Å². The third-order valence-corrected chi connectivity index (χ3v) is 8.32. The average molecular weight is 492 g/mol. The van der Waals surface area contributed by atoms with E-state index >= 15 is 0 Å². The summed E-state index contributed by atoms with van der Waals surface area (Å²) in [4.78, 5) is 28.7. The van der Waals surface area contributed by atoms with Crippen molar-refractivity contribution in [3.8, 4) is 0 Å². The molecule has 2 aliphatic rings. The average Bonchev–Trinajstić information content (AvgIpc) is 2.81. The molecule has 1 saturated carbocycles. The van der Waals surface area contributed by atoms with Crippen LogP contribution in [0.3, 0.4) is 0 Å². The predicted molar refractivity (Wildman–Crippen MR) is 139 cm³/mol. The minimum Gasteiger partial charge on any atom is -0.355 e. The molecule has 1 aromatic rings. The topological polar surface area (TPSA) is 61.4 Å². The summed E-state index contributed by atoms with van der Waals surface area (Å²) in [5, 5.41) is 7.27. The van der Waals surface area contributed by atoms with Gasteiger partial charge >= 0.3 is 0 Å². The molecule has 2 fully saturated rings. The first-order chi connectivity index (χ1) is 16.0. The second-order valence-electron chi connectivity index (χ2n) is 9.12. The van der Waals surface area contributed by atoms with E-state index in [4.69, 9.17) is 11.6 Å². The van der Waals surface area contributed by atoms with Crippen LogP contribution in [0, 0.1) is 5.92 Å². The lowest BCUT2D eigenvalue weighted by molar-refractivity contribution is -0.127. The van der Waals surface area contributed by atoms with E-state index in [-0.39, 0.29) is 23.8 Å². The highest BCUT2D eigenvalue weighted by molar-refractivity contribution is 8.04. The van der Waals surface area contributed by atoms with Crippen LogP contribution in [-0.2, 0) is 9.59 Å². The van der Waals surface area contributed by atoms with E-state index in [0.717, 1.165) is 38.0 Å². The summed E-state index contributed by atoms with van der Waals surface area (Å²) in [6.45, 7) is 8.25. The Kier molecular flexibility index (Phi) is 10.6. The predicted octanol–water partition coefficient (Wildman–Crippen LogP) is 5.10. The van der Waals surface area contributed by atoms with Crippen LogP contribution in [-0.4, -0.2) is 54.2 Å². The Morgan fingerprint density at radius 3 is 2.61 bits per heavy atom. The van der Waals surface area contributed by atoms with Crippen molar-refractivity contribution >= 4 is 41.3 Å². The molecule has 1 heterocycles. The molecule has 3 rings (SSSR count). The van der Waals surface area contributed by atoms with Gasteiger partial charge in [0.05, 0.1) is 4.91 Å². The third-order valence-electron chi connectivity index (χ3n) is 6.55. The van der Waals surface area contributed by atoms with Crippen LogP contribution in [0.1, 0.15) is 64.4 Å². The number of carbonyl (C=O) groups excluding carboxylic acids is 2. The Morgan fingerprint density at radius 1 is 1.18 bits per heavy atom. The van der Waals surface area contributed by atoms with Crippen LogP contribution >= 0.6 is 23.4 Å². The van der Waals surface area contributed by atoms with Crippen molar-refractivity contribution in [2.75, 3.05) is 26.2 Å². The smallest absolute Gasteiger partial charge is 0.257 e. The van der Waals surface area contributed by atoms with Gasteiger partial charge in [-0.2, -0.15) is 0 Å². The van der Waals surface area contributed by atoms with Crippen molar-refractivity contribution in [2.45, 2.75) is 70.1 Å². The number of nitrogens with zero attached hydrogens (tertiary/aromatic N) is 1. The molecule has 7 heteroatoms. The number of hydrogen-bond donors (Lipinski definition) is 2. The first kappa shape index (κ1) is 26.1. The minimum absolute atomic E-state index is 0.0269. The molecule has 5 nitrogen and oxygen atoms in total. The lowest BCUT2D eigenvalue weighted by Gasteiger charge is -2.39. The molecule has 1 aromatic carbocycles. The van der Waals surface area contributed by atoms with Gasteiger partial charge in [-0.1, -0.05) is 56.5 Å². The second kappa shape index (κ2) is 13.4. The van der Waals surface area contributed by atoms with Crippen LogP contribution < -0.4 is 10.6 Å². The van der Waals surface area contributed by atoms with Crippen molar-refractivity contribution in [2.24, 2.45) is 5.92 Å². The van der Waals surface area contributed by atoms with Crippen LogP contribution in [0.5, 0.6) is 0 Å². The summed E-state index contributed by atoms with van der Waals surface area (Å²) < 4.78 is 0. The third kappa shape index (κ3) is 7.76. The number of amides is 2. The SMILES string of the molecule is CCCCN(CCCC)CCNC(=O)C1CCC2S/C(=C/c3ccccc3Cl)C(=O)NC2C1. The van der Waals surface area contributed by atoms with Crippen molar-refractivity contribution in [1.82, 2.24) is 15.5 Å². The number of thioether (sulfide) groups is 1. The zero-order valence-corrected chi connectivity index (χ0v) is 21.5. The molecule has 33 heavy (non-hydrogen) atoms. The highest BCUT2D eigenvalue weighted by Crippen LogP contribution is 2.40. The Morgan fingerprint density at radius 2 is 1.91 bits per heavy atom. The molecule has 0 spiro atoms. The first-order valence-corrected chi connectivity index (χ1v) is 13.7. The zero-order chi connectivity index (χ0) is 23.6. The van der Waals surface area contributed by atoms with Gasteiger partial charge in [0.15, 0.2) is 0 Å². The van der Waals surface area contributed by atoms with Crippen molar-refractivity contribution in [1.29, 1.82) is 0 Å². The van der Waals surface area contributed by atoms with E-state index < -0.39 is 0 Å². The first-order valence-electron chi connectivity index (χ1n) is 12.5. The number of unbranched alkanes of at least 4 members (excludes halogenated alkanes) is 2. The lowest BCUT2D eigenvalue weighted by atomic mass is 9.84. The fourth-order valence-corrected chi connectivity index (χ4v) is 6.02. The number of benzene rings is 1. The molecule has 1 aliphatic heterocycles. The molecule has 0 radical (unpaired) electrons. The molecule has 2 N–H and O–H groups in total. The number of carbonyl (C=O) groups is 2. The van der Waals surface area contributed by atoms with Crippen LogP contribution in [0.4, 0.5) is 0 Å². The van der Waals surface area contributed by atoms with Crippen molar-refractivity contribution in [3.05, 3.63) is 39.8 Å². The van der Waals surface area contributed by atoms with Gasteiger partial charge in [-0.05, 0) is 62.9 Å². The van der Waals surface area contributed by atoms with Gasteiger partial charge in [0.1, 0.15) is 0 Å².